The normalized spacial score (nSPS) is 8.13. The molecule has 0 rings (SSSR count). The molecule has 0 aliphatic rings. The second-order valence-electron chi connectivity index (χ2n) is 4.79. The summed E-state index contributed by atoms with van der Waals surface area (Å²) in [6.45, 7) is 7.60. The van der Waals surface area contributed by atoms with Gasteiger partial charge in [0.1, 0.15) is 0 Å². The molecule has 0 aromatic heterocycles. The summed E-state index contributed by atoms with van der Waals surface area (Å²) in [4.78, 5) is 39.3. The molecule has 14 N–H and O–H groups in total. The van der Waals surface area contributed by atoms with Crippen molar-refractivity contribution in [3.8, 4) is 0 Å². The molecule has 0 heterocycles. The second-order valence-corrected chi connectivity index (χ2v) is 4.79. The average Bonchev–Trinajstić information content (AvgIpc) is 2.82. The molecule has 0 atom stereocenters. The van der Waals surface area contributed by atoms with Crippen molar-refractivity contribution in [3.63, 3.8) is 0 Å². The maximum atomic E-state index is 9.82. The first-order valence-electron chi connectivity index (χ1n) is 8.92. The van der Waals surface area contributed by atoms with E-state index in [1.165, 1.54) is 21.9 Å². The number of hydroxylamine groups is 4. The third-order valence-electron chi connectivity index (χ3n) is 2.39. The molecule has 0 fully saturated rings. The third-order valence-corrected chi connectivity index (χ3v) is 2.39. The highest BCUT2D eigenvalue weighted by atomic mass is 16.5. The van der Waals surface area contributed by atoms with Crippen molar-refractivity contribution in [3.05, 3.63) is 0 Å². The summed E-state index contributed by atoms with van der Waals surface area (Å²) in [6, 6.07) is -0.00926. The van der Waals surface area contributed by atoms with Gasteiger partial charge in [-0.05, 0) is 0 Å². The molecule has 0 aromatic rings. The van der Waals surface area contributed by atoms with Gasteiger partial charge >= 0.3 is 0 Å². The van der Waals surface area contributed by atoms with Crippen LogP contribution in [0.3, 0.4) is 0 Å². The highest BCUT2D eigenvalue weighted by Crippen LogP contribution is 1.69. The van der Waals surface area contributed by atoms with Crippen LogP contribution in [0.5, 0.6) is 0 Å². The number of carbonyl (C=O) groups is 4. The van der Waals surface area contributed by atoms with E-state index in [1.807, 2.05) is 0 Å². The number of nitrogens with two attached hydrogens (primary N) is 3. The summed E-state index contributed by atoms with van der Waals surface area (Å²) in [5.41, 5.74) is 21.3. The lowest BCUT2D eigenvalue weighted by Gasteiger charge is -1.99. The minimum Gasteiger partial charge on any atom is -0.329 e. The molecule has 0 unspecified atom stereocenters. The van der Waals surface area contributed by atoms with Crippen LogP contribution in [0.1, 0.15) is 53.4 Å². The largest absolute Gasteiger partial charge is 0.329 e. The molecule has 0 bridgehead atoms. The van der Waals surface area contributed by atoms with Crippen LogP contribution in [0.25, 0.3) is 0 Å². The van der Waals surface area contributed by atoms with E-state index in [0.29, 0.717) is 38.8 Å². The van der Waals surface area contributed by atoms with E-state index in [0.717, 1.165) is 0 Å². The quantitative estimate of drug-likeness (QED) is 0.155. The number of carbonyl (C=O) groups excluding carboxylic acids is 4. The van der Waals surface area contributed by atoms with Gasteiger partial charge in [0.2, 0.25) is 23.6 Å². The minimum atomic E-state index is -0.352. The van der Waals surface area contributed by atoms with Crippen LogP contribution < -0.4 is 39.1 Å². The summed E-state index contributed by atoms with van der Waals surface area (Å²) in [5, 5.41) is 30.9. The Bertz CT molecular complexity index is 322. The first-order chi connectivity index (χ1) is 14.0. The zero-order chi connectivity index (χ0) is 25.0. The van der Waals surface area contributed by atoms with Crippen molar-refractivity contribution in [2.24, 2.45) is 17.2 Å². The van der Waals surface area contributed by atoms with Crippen LogP contribution in [0.2, 0.25) is 0 Å². The fraction of sp³-hybridized carbons (Fsp3) is 0.733. The Labute approximate surface area is 176 Å². The van der Waals surface area contributed by atoms with Gasteiger partial charge in [0.25, 0.3) is 0 Å². The first kappa shape index (κ1) is 38.2. The second kappa shape index (κ2) is 34.1. The summed E-state index contributed by atoms with van der Waals surface area (Å²) < 4.78 is 0. The lowest BCUT2D eigenvalue weighted by Crippen LogP contribution is -2.36. The van der Waals surface area contributed by atoms with E-state index in [2.05, 4.69) is 0 Å². The fourth-order valence-corrected chi connectivity index (χ4v) is 0.412. The summed E-state index contributed by atoms with van der Waals surface area (Å²) in [5.74, 6) is -1.41. The van der Waals surface area contributed by atoms with E-state index in [1.54, 1.807) is 27.7 Å². The number of rotatable bonds is 6. The number of hydrogen-bond donors (Lipinski definition) is 11. The Balaban J connectivity index is -0.0000000868. The van der Waals surface area contributed by atoms with E-state index in [4.69, 9.17) is 38.0 Å². The number of hydrogen-bond acceptors (Lipinski definition) is 11. The average molecular weight is 446 g/mol. The van der Waals surface area contributed by atoms with Gasteiger partial charge in [0, 0.05) is 44.8 Å². The summed E-state index contributed by atoms with van der Waals surface area (Å²) >= 11 is 0. The summed E-state index contributed by atoms with van der Waals surface area (Å²) in [6.07, 6.45) is 1.32. The Morgan fingerprint density at radius 2 is 0.767 bits per heavy atom. The van der Waals surface area contributed by atoms with Gasteiger partial charge in [-0.25, -0.2) is 21.9 Å². The van der Waals surface area contributed by atoms with E-state index in [-0.39, 0.29) is 29.7 Å². The molecular formula is C15H39N7O8. The van der Waals surface area contributed by atoms with Gasteiger partial charge in [-0.15, -0.1) is 0 Å². The lowest BCUT2D eigenvalue weighted by molar-refractivity contribution is -0.129. The molecule has 0 saturated heterocycles. The molecule has 30 heavy (non-hydrogen) atoms. The van der Waals surface area contributed by atoms with E-state index in [9.17, 15) is 19.2 Å². The minimum absolute atomic E-state index is 0.00926. The SMILES string of the molecule is CCC(=O)NO.CCC(=O)NO.CCC(=O)NO.CCC(=O)NO.NCC(N)CN. The van der Waals surface area contributed by atoms with Gasteiger partial charge < -0.3 is 17.2 Å². The maximum absolute atomic E-state index is 9.82. The zero-order valence-electron chi connectivity index (χ0n) is 18.0. The van der Waals surface area contributed by atoms with Gasteiger partial charge in [-0.1, -0.05) is 27.7 Å². The van der Waals surface area contributed by atoms with Crippen LogP contribution in [0.4, 0.5) is 0 Å². The van der Waals surface area contributed by atoms with Crippen molar-refractivity contribution < 1.29 is 40.0 Å². The zero-order valence-corrected chi connectivity index (χ0v) is 18.0. The van der Waals surface area contributed by atoms with Crippen molar-refractivity contribution >= 4 is 23.6 Å². The predicted octanol–water partition coefficient (Wildman–Crippen LogP) is -2.16. The molecule has 0 saturated carbocycles. The molecule has 0 spiro atoms. The van der Waals surface area contributed by atoms with Crippen LogP contribution in [0.15, 0.2) is 0 Å². The highest BCUT2D eigenvalue weighted by Gasteiger charge is 1.89. The van der Waals surface area contributed by atoms with Gasteiger partial charge in [-0.3, -0.25) is 40.0 Å². The maximum Gasteiger partial charge on any atom is 0.243 e. The van der Waals surface area contributed by atoms with Crippen LogP contribution in [-0.2, 0) is 19.2 Å². The van der Waals surface area contributed by atoms with Crippen LogP contribution in [0, 0.1) is 0 Å². The Hall–Kier alpha value is -2.40. The molecular weight excluding hydrogens is 406 g/mol. The number of amides is 4. The molecule has 15 nitrogen and oxygen atoms in total. The van der Waals surface area contributed by atoms with E-state index >= 15 is 0 Å². The molecule has 15 heteroatoms. The molecule has 182 valence electrons. The van der Waals surface area contributed by atoms with Gasteiger partial charge in [0.05, 0.1) is 0 Å². The van der Waals surface area contributed by atoms with Gasteiger partial charge in [0.15, 0.2) is 0 Å². The van der Waals surface area contributed by atoms with Crippen molar-refractivity contribution in [1.82, 2.24) is 21.9 Å². The Morgan fingerprint density at radius 3 is 0.767 bits per heavy atom. The number of nitrogens with one attached hydrogen (secondary N) is 4. The molecule has 0 aromatic carbocycles. The molecule has 0 aliphatic carbocycles. The molecule has 4 amide bonds. The molecule has 0 aliphatic heterocycles. The van der Waals surface area contributed by atoms with Crippen LogP contribution >= 0.6 is 0 Å². The standard InChI is InChI=1S/C3H11N3.4C3H7NO2/c4-1-3(6)2-5;4*1-2-3(5)4-6/h3H,1-2,4-6H2;4*6H,2H2,1H3,(H,4,5). The molecule has 0 radical (unpaired) electrons. The topological polar surface area (TPSA) is 275 Å². The van der Waals surface area contributed by atoms with Gasteiger partial charge in [-0.2, -0.15) is 0 Å². The fourth-order valence-electron chi connectivity index (χ4n) is 0.412. The first-order valence-corrected chi connectivity index (χ1v) is 8.92. The summed E-state index contributed by atoms with van der Waals surface area (Å²) in [7, 11) is 0. The Morgan fingerprint density at radius 1 is 0.600 bits per heavy atom. The van der Waals surface area contributed by atoms with Crippen molar-refractivity contribution in [2.75, 3.05) is 13.1 Å². The monoisotopic (exact) mass is 445 g/mol. The van der Waals surface area contributed by atoms with Crippen LogP contribution in [-0.4, -0.2) is 63.6 Å². The van der Waals surface area contributed by atoms with Crippen molar-refractivity contribution in [1.29, 1.82) is 0 Å². The lowest BCUT2D eigenvalue weighted by atomic mass is 10.3. The predicted molar refractivity (Wildman–Crippen MR) is 107 cm³/mol. The smallest absolute Gasteiger partial charge is 0.243 e. The third kappa shape index (κ3) is 50.0. The van der Waals surface area contributed by atoms with Crippen molar-refractivity contribution in [2.45, 2.75) is 59.4 Å². The van der Waals surface area contributed by atoms with E-state index < -0.39 is 0 Å². The Kier molecular flexibility index (Phi) is 43.5. The highest BCUT2D eigenvalue weighted by molar-refractivity contribution is 5.74.